The van der Waals surface area contributed by atoms with E-state index in [0.717, 1.165) is 0 Å². The van der Waals surface area contributed by atoms with Gasteiger partial charge in [-0.3, -0.25) is 5.10 Å². The number of aromatic amines is 1. The third-order valence-electron chi connectivity index (χ3n) is 3.41. The summed E-state index contributed by atoms with van der Waals surface area (Å²) in [4.78, 5) is 15.7. The zero-order chi connectivity index (χ0) is 18.7. The Morgan fingerprint density at radius 2 is 1.62 bits per heavy atom. The van der Waals surface area contributed by atoms with Crippen molar-refractivity contribution >= 4 is 5.97 Å². The fourth-order valence-corrected chi connectivity index (χ4v) is 2.21. The summed E-state index contributed by atoms with van der Waals surface area (Å²) < 4.78 is 45.0. The fourth-order valence-electron chi connectivity index (χ4n) is 2.21. The standard InChI is InChI=1S/C17H12F3N3O3/c1-25-16(24)12-4-2-10(3-5-12)14-21-15(23-22-14)11-6-8-13(9-7-11)26-17(18,19)20/h2-9H,1H3,(H,21,22,23). The van der Waals surface area contributed by atoms with Crippen molar-refractivity contribution in [2.45, 2.75) is 6.36 Å². The van der Waals surface area contributed by atoms with Crippen molar-refractivity contribution in [3.63, 3.8) is 0 Å². The van der Waals surface area contributed by atoms with Gasteiger partial charge in [-0.2, -0.15) is 5.10 Å². The molecule has 0 aliphatic carbocycles. The first-order chi connectivity index (χ1) is 12.4. The Morgan fingerprint density at radius 3 is 2.19 bits per heavy atom. The van der Waals surface area contributed by atoms with Crippen molar-refractivity contribution in [3.8, 4) is 28.5 Å². The molecule has 0 aliphatic heterocycles. The topological polar surface area (TPSA) is 77.1 Å². The van der Waals surface area contributed by atoms with E-state index in [1.54, 1.807) is 24.3 Å². The van der Waals surface area contributed by atoms with Crippen LogP contribution in [0.5, 0.6) is 5.75 Å². The van der Waals surface area contributed by atoms with Crippen molar-refractivity contribution in [3.05, 3.63) is 54.1 Å². The fraction of sp³-hybridized carbons (Fsp3) is 0.118. The molecule has 3 aromatic rings. The van der Waals surface area contributed by atoms with Gasteiger partial charge in [0.2, 0.25) is 0 Å². The molecule has 0 amide bonds. The lowest BCUT2D eigenvalue weighted by atomic mass is 10.1. The van der Waals surface area contributed by atoms with E-state index in [2.05, 4.69) is 24.7 Å². The average Bonchev–Trinajstić information content (AvgIpc) is 3.10. The molecule has 0 aliphatic rings. The molecule has 0 bridgehead atoms. The maximum atomic E-state index is 12.2. The van der Waals surface area contributed by atoms with Crippen LogP contribution < -0.4 is 4.74 Å². The number of aromatic nitrogens is 3. The van der Waals surface area contributed by atoms with Crippen molar-refractivity contribution in [1.29, 1.82) is 0 Å². The number of carbonyl (C=O) groups excluding carboxylic acids is 1. The Labute approximate surface area is 145 Å². The van der Waals surface area contributed by atoms with Crippen LogP contribution in [0.25, 0.3) is 22.8 Å². The number of carbonyl (C=O) groups is 1. The van der Waals surface area contributed by atoms with Crippen LogP contribution in [-0.4, -0.2) is 34.6 Å². The summed E-state index contributed by atoms with van der Waals surface area (Å²) in [6.45, 7) is 0. The van der Waals surface area contributed by atoms with E-state index in [0.29, 0.717) is 28.3 Å². The number of halogens is 3. The number of alkyl halides is 3. The number of nitrogens with zero attached hydrogens (tertiary/aromatic N) is 2. The first kappa shape index (κ1) is 17.5. The van der Waals surface area contributed by atoms with Crippen molar-refractivity contribution in [2.75, 3.05) is 7.11 Å². The maximum Gasteiger partial charge on any atom is 0.573 e. The number of hydrogen-bond acceptors (Lipinski definition) is 5. The molecule has 0 unspecified atom stereocenters. The molecule has 0 atom stereocenters. The normalized spacial score (nSPS) is 11.2. The smallest absolute Gasteiger partial charge is 0.465 e. The van der Waals surface area contributed by atoms with Gasteiger partial charge in [-0.25, -0.2) is 9.78 Å². The minimum absolute atomic E-state index is 0.315. The summed E-state index contributed by atoms with van der Waals surface area (Å²) in [6, 6.07) is 11.8. The molecule has 26 heavy (non-hydrogen) atoms. The predicted molar refractivity (Wildman–Crippen MR) is 85.3 cm³/mol. The maximum absolute atomic E-state index is 12.2. The van der Waals surface area contributed by atoms with Gasteiger partial charge in [0, 0.05) is 11.1 Å². The minimum Gasteiger partial charge on any atom is -0.465 e. The summed E-state index contributed by atoms with van der Waals surface area (Å²) >= 11 is 0. The summed E-state index contributed by atoms with van der Waals surface area (Å²) in [5, 5.41) is 6.80. The second-order valence-corrected chi connectivity index (χ2v) is 5.15. The summed E-state index contributed by atoms with van der Waals surface area (Å²) in [7, 11) is 1.30. The van der Waals surface area contributed by atoms with Gasteiger partial charge in [-0.1, -0.05) is 12.1 Å². The second-order valence-electron chi connectivity index (χ2n) is 5.15. The summed E-state index contributed by atoms with van der Waals surface area (Å²) in [6.07, 6.45) is -4.74. The van der Waals surface area contributed by atoms with Crippen molar-refractivity contribution in [2.24, 2.45) is 0 Å². The Kier molecular flexibility index (Phi) is 4.61. The van der Waals surface area contributed by atoms with Crippen molar-refractivity contribution in [1.82, 2.24) is 15.2 Å². The van der Waals surface area contributed by atoms with E-state index in [1.165, 1.54) is 31.4 Å². The van der Waals surface area contributed by atoms with Gasteiger partial charge in [0.05, 0.1) is 12.7 Å². The van der Waals surface area contributed by atoms with E-state index in [1.807, 2.05) is 0 Å². The van der Waals surface area contributed by atoms with Crippen molar-refractivity contribution < 1.29 is 27.4 Å². The highest BCUT2D eigenvalue weighted by atomic mass is 19.4. The summed E-state index contributed by atoms with van der Waals surface area (Å²) in [5.74, 6) is -0.00554. The van der Waals surface area contributed by atoms with Crippen LogP contribution in [0, 0.1) is 0 Å². The van der Waals surface area contributed by atoms with Gasteiger partial charge in [0.15, 0.2) is 11.6 Å². The number of nitrogens with one attached hydrogen (secondary N) is 1. The largest absolute Gasteiger partial charge is 0.573 e. The highest BCUT2D eigenvalue weighted by Gasteiger charge is 2.31. The molecule has 9 heteroatoms. The molecule has 1 aromatic heterocycles. The molecule has 6 nitrogen and oxygen atoms in total. The molecule has 1 N–H and O–H groups in total. The molecule has 0 fully saturated rings. The van der Waals surface area contributed by atoms with Crippen LogP contribution in [0.1, 0.15) is 10.4 Å². The third-order valence-corrected chi connectivity index (χ3v) is 3.41. The SMILES string of the molecule is COC(=O)c1ccc(-c2nc(-c3ccc(OC(F)(F)F)cc3)n[nH]2)cc1. The molecule has 0 saturated carbocycles. The van der Waals surface area contributed by atoms with Crippen LogP contribution in [-0.2, 0) is 4.74 Å². The number of hydrogen-bond donors (Lipinski definition) is 1. The van der Waals surface area contributed by atoms with Gasteiger partial charge in [0.25, 0.3) is 0 Å². The number of ether oxygens (including phenoxy) is 2. The number of rotatable bonds is 4. The van der Waals surface area contributed by atoms with Crippen LogP contribution >= 0.6 is 0 Å². The molecule has 2 aromatic carbocycles. The Morgan fingerprint density at radius 1 is 1.00 bits per heavy atom. The lowest BCUT2D eigenvalue weighted by Gasteiger charge is -2.08. The number of benzene rings is 2. The molecular weight excluding hydrogens is 351 g/mol. The van der Waals surface area contributed by atoms with Crippen LogP contribution in [0.15, 0.2) is 48.5 Å². The quantitative estimate of drug-likeness (QED) is 0.713. The monoisotopic (exact) mass is 363 g/mol. The van der Waals surface area contributed by atoms with Gasteiger partial charge in [-0.05, 0) is 36.4 Å². The van der Waals surface area contributed by atoms with E-state index in [4.69, 9.17) is 0 Å². The van der Waals surface area contributed by atoms with E-state index >= 15 is 0 Å². The van der Waals surface area contributed by atoms with Crippen LogP contribution in [0.3, 0.4) is 0 Å². The first-order valence-electron chi connectivity index (χ1n) is 7.33. The van der Waals surface area contributed by atoms with E-state index in [9.17, 15) is 18.0 Å². The van der Waals surface area contributed by atoms with Gasteiger partial charge in [-0.15, -0.1) is 13.2 Å². The molecule has 1 heterocycles. The molecule has 134 valence electrons. The molecular formula is C17H12F3N3O3. The van der Waals surface area contributed by atoms with E-state index in [-0.39, 0.29) is 5.75 Å². The molecule has 0 spiro atoms. The van der Waals surface area contributed by atoms with Crippen LogP contribution in [0.4, 0.5) is 13.2 Å². The highest BCUT2D eigenvalue weighted by Crippen LogP contribution is 2.26. The Bertz CT molecular complexity index is 903. The average molecular weight is 363 g/mol. The lowest BCUT2D eigenvalue weighted by Crippen LogP contribution is -2.16. The zero-order valence-corrected chi connectivity index (χ0v) is 13.4. The number of esters is 1. The molecule has 0 saturated heterocycles. The number of H-pyrrole nitrogens is 1. The predicted octanol–water partition coefficient (Wildman–Crippen LogP) is 3.82. The Balaban J connectivity index is 1.78. The first-order valence-corrected chi connectivity index (χ1v) is 7.33. The van der Waals surface area contributed by atoms with Gasteiger partial charge >= 0.3 is 12.3 Å². The number of methoxy groups -OCH3 is 1. The van der Waals surface area contributed by atoms with Gasteiger partial charge < -0.3 is 9.47 Å². The molecule has 0 radical (unpaired) electrons. The van der Waals surface area contributed by atoms with Gasteiger partial charge in [0.1, 0.15) is 5.75 Å². The lowest BCUT2D eigenvalue weighted by molar-refractivity contribution is -0.274. The molecule has 3 rings (SSSR count). The van der Waals surface area contributed by atoms with E-state index < -0.39 is 12.3 Å². The second kappa shape index (κ2) is 6.87. The third kappa shape index (κ3) is 4.00. The zero-order valence-electron chi connectivity index (χ0n) is 13.4. The Hall–Kier alpha value is -3.36. The summed E-state index contributed by atoms with van der Waals surface area (Å²) in [5.41, 5.74) is 1.61. The minimum atomic E-state index is -4.74. The van der Waals surface area contributed by atoms with Crippen LogP contribution in [0.2, 0.25) is 0 Å². The highest BCUT2D eigenvalue weighted by molar-refractivity contribution is 5.89.